The number of hydrogen-bond donors (Lipinski definition) is 0. The van der Waals surface area contributed by atoms with Crippen molar-refractivity contribution >= 4 is 6.08 Å². The first-order chi connectivity index (χ1) is 8.39. The van der Waals surface area contributed by atoms with Gasteiger partial charge >= 0.3 is 0 Å². The first-order valence-electron chi connectivity index (χ1n) is 5.97. The molecule has 1 aliphatic rings. The Labute approximate surface area is 105 Å². The van der Waals surface area contributed by atoms with Crippen LogP contribution >= 0.6 is 0 Å². The Morgan fingerprint density at radius 1 is 1.39 bits per heavy atom. The molecule has 2 rings (SSSR count). The average molecular weight is 251 g/mol. The molecule has 0 N–H and O–H groups in total. The number of halogens is 2. The molecule has 0 saturated heterocycles. The summed E-state index contributed by atoms with van der Waals surface area (Å²) in [5, 5.41) is 0. The van der Waals surface area contributed by atoms with Gasteiger partial charge in [0.1, 0.15) is 17.0 Å². The summed E-state index contributed by atoms with van der Waals surface area (Å²) in [4.78, 5) is 14.2. The summed E-state index contributed by atoms with van der Waals surface area (Å²) in [6.45, 7) is 2.83. The third-order valence-electron chi connectivity index (χ3n) is 3.59. The van der Waals surface area contributed by atoms with E-state index < -0.39 is 17.0 Å². The molecule has 18 heavy (non-hydrogen) atoms. The van der Waals surface area contributed by atoms with E-state index in [2.05, 4.69) is 4.99 Å². The fourth-order valence-corrected chi connectivity index (χ4v) is 2.29. The van der Waals surface area contributed by atoms with Crippen LogP contribution < -0.4 is 0 Å². The predicted molar refractivity (Wildman–Crippen MR) is 64.2 cm³/mol. The molecule has 0 spiro atoms. The first kappa shape index (κ1) is 12.9. The lowest BCUT2D eigenvalue weighted by Gasteiger charge is -2.37. The molecule has 0 bridgehead atoms. The zero-order valence-corrected chi connectivity index (χ0v) is 10.5. The van der Waals surface area contributed by atoms with E-state index in [1.807, 2.05) is 0 Å². The maximum Gasteiger partial charge on any atom is 0.235 e. The quantitative estimate of drug-likeness (QED) is 0.594. The van der Waals surface area contributed by atoms with Crippen LogP contribution in [-0.2, 0) is 16.0 Å². The predicted octanol–water partition coefficient (Wildman–Crippen LogP) is 3.75. The number of aliphatic imine (C=N–C) groups is 1. The normalized spacial score (nSPS) is 17.8. The fourth-order valence-electron chi connectivity index (χ4n) is 2.29. The van der Waals surface area contributed by atoms with Gasteiger partial charge in [0.05, 0.1) is 0 Å². The van der Waals surface area contributed by atoms with Crippen molar-refractivity contribution in [2.75, 3.05) is 0 Å². The zero-order valence-electron chi connectivity index (χ0n) is 10.5. The van der Waals surface area contributed by atoms with Crippen molar-refractivity contribution in [2.45, 2.75) is 44.3 Å². The van der Waals surface area contributed by atoms with Crippen molar-refractivity contribution in [3.63, 3.8) is 0 Å². The Hall–Kier alpha value is -1.54. The van der Waals surface area contributed by atoms with Crippen LogP contribution in [0.15, 0.2) is 23.2 Å². The molecule has 2 nitrogen and oxygen atoms in total. The number of alkyl halides is 1. The Balaban J connectivity index is 2.53. The summed E-state index contributed by atoms with van der Waals surface area (Å²) in [6, 6.07) is 4.15. The lowest BCUT2D eigenvalue weighted by atomic mass is 9.71. The molecule has 0 aromatic heterocycles. The molecule has 1 saturated carbocycles. The molecule has 1 aliphatic carbocycles. The molecule has 0 atom stereocenters. The fraction of sp³-hybridized carbons (Fsp3) is 0.500. The molecule has 96 valence electrons. The number of isocyanates is 1. The first-order valence-corrected chi connectivity index (χ1v) is 5.97. The minimum Gasteiger partial charge on any atom is -0.239 e. The van der Waals surface area contributed by atoms with E-state index in [0.29, 0.717) is 24.0 Å². The molecule has 0 heterocycles. The van der Waals surface area contributed by atoms with Crippen LogP contribution in [0.1, 0.15) is 44.2 Å². The molecule has 1 aromatic rings. The van der Waals surface area contributed by atoms with Gasteiger partial charge < -0.3 is 0 Å². The lowest BCUT2D eigenvalue weighted by molar-refractivity contribution is 0.217. The summed E-state index contributed by atoms with van der Waals surface area (Å²) in [5.74, 6) is -0.443. The molecule has 1 aromatic carbocycles. The molecule has 0 unspecified atom stereocenters. The van der Waals surface area contributed by atoms with Crippen molar-refractivity contribution < 1.29 is 13.6 Å². The summed E-state index contributed by atoms with van der Waals surface area (Å²) in [5.41, 5.74) is -1.67. The summed E-state index contributed by atoms with van der Waals surface area (Å²) in [7, 11) is 0. The van der Waals surface area contributed by atoms with Crippen LogP contribution in [0.25, 0.3) is 0 Å². The van der Waals surface area contributed by atoms with Crippen LogP contribution in [0, 0.1) is 5.82 Å². The summed E-state index contributed by atoms with van der Waals surface area (Å²) >= 11 is 0. The minimum absolute atomic E-state index is 0.306. The van der Waals surface area contributed by atoms with Crippen LogP contribution in [0.4, 0.5) is 8.78 Å². The Morgan fingerprint density at radius 3 is 2.50 bits per heavy atom. The minimum atomic E-state index is -1.54. The Kier molecular flexibility index (Phi) is 3.07. The van der Waals surface area contributed by atoms with E-state index in [1.165, 1.54) is 38.1 Å². The highest BCUT2D eigenvalue weighted by Crippen LogP contribution is 2.46. The monoisotopic (exact) mass is 251 g/mol. The molecule has 0 radical (unpaired) electrons. The molecular weight excluding hydrogens is 236 g/mol. The van der Waals surface area contributed by atoms with Gasteiger partial charge in [-0.2, -0.15) is 4.99 Å². The number of nitrogens with zero attached hydrogens (tertiary/aromatic N) is 1. The maximum atomic E-state index is 13.9. The van der Waals surface area contributed by atoms with Crippen molar-refractivity contribution in [1.29, 1.82) is 0 Å². The average Bonchev–Trinajstić information content (AvgIpc) is 2.23. The largest absolute Gasteiger partial charge is 0.239 e. The molecule has 4 heteroatoms. The van der Waals surface area contributed by atoms with Gasteiger partial charge in [-0.25, -0.2) is 13.6 Å². The van der Waals surface area contributed by atoms with E-state index in [0.717, 1.165) is 6.42 Å². The molecule has 1 fully saturated rings. The Morgan fingerprint density at radius 2 is 2.06 bits per heavy atom. The van der Waals surface area contributed by atoms with Gasteiger partial charge in [-0.3, -0.25) is 0 Å². The summed E-state index contributed by atoms with van der Waals surface area (Å²) in [6.07, 6.45) is 3.60. The van der Waals surface area contributed by atoms with E-state index >= 15 is 0 Å². The number of benzene rings is 1. The van der Waals surface area contributed by atoms with E-state index in [9.17, 15) is 13.6 Å². The highest BCUT2D eigenvalue weighted by Gasteiger charge is 2.41. The second kappa shape index (κ2) is 4.29. The molecule has 0 amide bonds. The highest BCUT2D eigenvalue weighted by molar-refractivity contribution is 5.41. The zero-order chi connectivity index (χ0) is 13.4. The van der Waals surface area contributed by atoms with Gasteiger partial charge in [0.2, 0.25) is 6.08 Å². The topological polar surface area (TPSA) is 29.4 Å². The van der Waals surface area contributed by atoms with Crippen LogP contribution in [0.5, 0.6) is 0 Å². The van der Waals surface area contributed by atoms with E-state index in [-0.39, 0.29) is 0 Å². The second-order valence-corrected chi connectivity index (χ2v) is 5.26. The second-order valence-electron chi connectivity index (χ2n) is 5.26. The molecule has 0 aliphatic heterocycles. The van der Waals surface area contributed by atoms with Gasteiger partial charge in [0.15, 0.2) is 0 Å². The Bertz CT molecular complexity index is 509. The van der Waals surface area contributed by atoms with Crippen molar-refractivity contribution in [3.05, 3.63) is 35.1 Å². The van der Waals surface area contributed by atoms with Crippen molar-refractivity contribution in [2.24, 2.45) is 4.99 Å². The molecular formula is C14H15F2NO. The smallest absolute Gasteiger partial charge is 0.235 e. The third kappa shape index (κ3) is 2.08. The van der Waals surface area contributed by atoms with Crippen LogP contribution in [-0.4, -0.2) is 6.08 Å². The lowest BCUT2D eigenvalue weighted by Crippen LogP contribution is -2.33. The van der Waals surface area contributed by atoms with E-state index in [4.69, 9.17) is 0 Å². The van der Waals surface area contributed by atoms with Gasteiger partial charge in [-0.1, -0.05) is 6.07 Å². The standard InChI is InChI=1S/C14H15F2NO/c1-13(2,16)10-4-5-12(15)11(8-10)14(17-9-18)6-3-7-14/h4-5,8H,3,6-7H2,1-2H3. The van der Waals surface area contributed by atoms with Crippen molar-refractivity contribution in [1.82, 2.24) is 0 Å². The van der Waals surface area contributed by atoms with Gasteiger partial charge in [0.25, 0.3) is 0 Å². The third-order valence-corrected chi connectivity index (χ3v) is 3.59. The highest BCUT2D eigenvalue weighted by atomic mass is 19.1. The number of carbonyl (C=O) groups excluding carboxylic acids is 1. The number of rotatable bonds is 3. The SMILES string of the molecule is CC(C)(F)c1ccc(F)c(C2(N=C=O)CCC2)c1. The van der Waals surface area contributed by atoms with E-state index in [1.54, 1.807) is 0 Å². The van der Waals surface area contributed by atoms with Crippen molar-refractivity contribution in [3.8, 4) is 0 Å². The maximum absolute atomic E-state index is 13.9. The van der Waals surface area contributed by atoms with Gasteiger partial charge in [-0.15, -0.1) is 0 Å². The van der Waals surface area contributed by atoms with Gasteiger partial charge in [-0.05, 0) is 50.8 Å². The van der Waals surface area contributed by atoms with Crippen LogP contribution in [0.2, 0.25) is 0 Å². The summed E-state index contributed by atoms with van der Waals surface area (Å²) < 4.78 is 27.8. The number of hydrogen-bond acceptors (Lipinski definition) is 2. The van der Waals surface area contributed by atoms with Crippen LogP contribution in [0.3, 0.4) is 0 Å². The van der Waals surface area contributed by atoms with Gasteiger partial charge in [0, 0.05) is 5.56 Å².